The molecule has 0 radical (unpaired) electrons. The summed E-state index contributed by atoms with van der Waals surface area (Å²) in [6, 6.07) is 12.1. The van der Waals surface area contributed by atoms with E-state index in [1.807, 2.05) is 75.1 Å². The quantitative estimate of drug-likeness (QED) is 0.0567. The normalized spacial score (nSPS) is 17.2. The number of rotatable bonds is 14. The molecule has 4 atom stereocenters. The van der Waals surface area contributed by atoms with Crippen molar-refractivity contribution in [3.05, 3.63) is 65.9 Å². The van der Waals surface area contributed by atoms with Crippen LogP contribution >= 0.6 is 54.0 Å². The average Bonchev–Trinajstić information content (AvgIpc) is 4.00. The molecule has 0 spiro atoms. The second kappa shape index (κ2) is 22.9. The summed E-state index contributed by atoms with van der Waals surface area (Å²) in [4.78, 5) is 72.7. The summed E-state index contributed by atoms with van der Waals surface area (Å²) in [6.45, 7) is 9.30. The van der Waals surface area contributed by atoms with Crippen LogP contribution in [-0.4, -0.2) is 93.4 Å². The zero-order valence-electron chi connectivity index (χ0n) is 33.7. The van der Waals surface area contributed by atoms with E-state index < -0.39 is 18.2 Å². The molecule has 3 N–H and O–H groups in total. The first kappa shape index (κ1) is 50.1. The van der Waals surface area contributed by atoms with Crippen molar-refractivity contribution < 1.29 is 33.6 Å². The Morgan fingerprint density at radius 3 is 2.16 bits per heavy atom. The van der Waals surface area contributed by atoms with Gasteiger partial charge in [0.15, 0.2) is 0 Å². The molecule has 2 aromatic carbocycles. The predicted octanol–water partition coefficient (Wildman–Crippen LogP) is 6.32. The highest BCUT2D eigenvalue weighted by Crippen LogP contribution is 2.35. The molecular weight excluding hydrogens is 821 g/mol. The van der Waals surface area contributed by atoms with Crippen molar-refractivity contribution in [3.8, 4) is 17.0 Å². The van der Waals surface area contributed by atoms with Crippen LogP contribution in [0.2, 0.25) is 0 Å². The zero-order chi connectivity index (χ0) is 38.4. The first-order chi connectivity index (χ1) is 26.1. The number of imidazole rings is 2. The van der Waals surface area contributed by atoms with Gasteiger partial charge >= 0.3 is 6.09 Å². The molecule has 2 saturated heterocycles. The number of ether oxygens (including phenoxy) is 2. The number of carbonyl (C=O) groups is 3. The fourth-order valence-corrected chi connectivity index (χ4v) is 7.21. The number of nitrogens with one attached hydrogen (secondary N) is 3. The number of fused-ring (bicyclic) bond motifs is 1. The second-order valence-corrected chi connectivity index (χ2v) is 14.4. The van der Waals surface area contributed by atoms with Crippen molar-refractivity contribution in [1.82, 2.24) is 35.1 Å². The van der Waals surface area contributed by atoms with Crippen molar-refractivity contribution in [2.75, 3.05) is 27.3 Å². The summed E-state index contributed by atoms with van der Waals surface area (Å²) < 4.78 is 10.9. The van der Waals surface area contributed by atoms with E-state index in [1.54, 1.807) is 11.1 Å². The lowest BCUT2D eigenvalue weighted by Gasteiger charge is -2.30. The molecule has 3 amide bonds. The molecule has 58 heavy (non-hydrogen) atoms. The Balaban J connectivity index is 0.00000290. The molecular formula is C39H58N8O7S4. The van der Waals surface area contributed by atoms with Gasteiger partial charge in [0.2, 0.25) is 18.2 Å². The van der Waals surface area contributed by atoms with Crippen LogP contribution in [0.3, 0.4) is 0 Å². The maximum Gasteiger partial charge on any atom is 0.407 e. The number of hydrogen-bond acceptors (Lipinski definition) is 10. The van der Waals surface area contributed by atoms with Crippen LogP contribution in [0.15, 0.2) is 53.7 Å². The lowest BCUT2D eigenvalue weighted by molar-refractivity contribution is -0.188. The van der Waals surface area contributed by atoms with Gasteiger partial charge in [-0.25, -0.2) is 19.8 Å². The summed E-state index contributed by atoms with van der Waals surface area (Å²) in [5.41, 5.74) is 4.45. The highest BCUT2D eigenvalue weighted by atomic mass is 32.1. The largest absolute Gasteiger partial charge is 0.489 e. The molecule has 0 aliphatic carbocycles. The molecule has 0 saturated carbocycles. The van der Waals surface area contributed by atoms with Crippen LogP contribution in [0.1, 0.15) is 82.7 Å². The molecule has 2 fully saturated rings. The van der Waals surface area contributed by atoms with E-state index in [0.29, 0.717) is 31.3 Å². The monoisotopic (exact) mass is 878 g/mol. The van der Waals surface area contributed by atoms with Crippen molar-refractivity contribution in [2.45, 2.75) is 84.2 Å². The SMILES string of the molecule is COOC=N[C@H](C(=O)N1CCC[C@H]1c1nc2ccc(COc3ccc(-c4cnc([C@@H]5CCCN5C(=O)[C@@H](NC(=O)OC)C(C)C)[nH]4)cc3)cc2[nH]1)C(C)C.S.S.S.S. The first-order valence-corrected chi connectivity index (χ1v) is 18.5. The van der Waals surface area contributed by atoms with E-state index in [0.717, 1.165) is 59.4 Å². The fraction of sp³-hybridized carbons (Fsp3) is 0.487. The molecule has 320 valence electrons. The Morgan fingerprint density at radius 1 is 0.879 bits per heavy atom. The van der Waals surface area contributed by atoms with Gasteiger partial charge in [-0.05, 0) is 85.0 Å². The van der Waals surface area contributed by atoms with Gasteiger partial charge in [-0.15, -0.1) is 0 Å². The summed E-state index contributed by atoms with van der Waals surface area (Å²) >= 11 is 0. The standard InChI is InChI=1S/C39H50N8O7.4H2S/c1-23(2)33(41-22-54-52-6)37(48)47-18-8-10-32(47)36-42-28-16-11-25(19-29(28)43-36)21-53-27-14-12-26(13-15-27)30-20-40-35(44-30)31-9-7-17-46(31)38(49)34(24(3)4)45-39(50)51-5;;;;/h11-16,19-20,22-24,31-34H,7-10,17-18,21H2,1-6H3,(H,40,44)(H,42,43)(H,45,50);4*1H2/t31-,32-,33-,34-;;;;/m0..../s1. The summed E-state index contributed by atoms with van der Waals surface area (Å²) in [5, 5.41) is 2.69. The maximum atomic E-state index is 13.5. The first-order valence-electron chi connectivity index (χ1n) is 18.5. The van der Waals surface area contributed by atoms with E-state index in [-0.39, 0.29) is 89.7 Å². The van der Waals surface area contributed by atoms with Gasteiger partial charge in [0, 0.05) is 13.1 Å². The molecule has 15 nitrogen and oxygen atoms in total. The van der Waals surface area contributed by atoms with E-state index in [2.05, 4.69) is 30.1 Å². The van der Waals surface area contributed by atoms with Crippen LogP contribution in [-0.2, 0) is 30.7 Å². The van der Waals surface area contributed by atoms with Crippen LogP contribution in [0, 0.1) is 11.8 Å². The number of aliphatic imine (C=N–C) groups is 1. The number of carbonyl (C=O) groups excluding carboxylic acids is 3. The minimum absolute atomic E-state index is 0. The van der Waals surface area contributed by atoms with Crippen LogP contribution in [0.25, 0.3) is 22.3 Å². The number of aromatic amines is 2. The van der Waals surface area contributed by atoms with Crippen LogP contribution < -0.4 is 10.1 Å². The minimum Gasteiger partial charge on any atom is -0.489 e. The number of H-pyrrole nitrogens is 2. The number of benzene rings is 2. The maximum absolute atomic E-state index is 13.5. The van der Waals surface area contributed by atoms with Gasteiger partial charge < -0.3 is 39.4 Å². The predicted molar refractivity (Wildman–Crippen MR) is 243 cm³/mol. The molecule has 0 unspecified atom stereocenters. The van der Waals surface area contributed by atoms with Crippen LogP contribution in [0.5, 0.6) is 5.75 Å². The summed E-state index contributed by atoms with van der Waals surface area (Å²) in [6.07, 6.45) is 5.65. The third-order valence-electron chi connectivity index (χ3n) is 10.1. The molecule has 4 aromatic rings. The lowest BCUT2D eigenvalue weighted by atomic mass is 10.0. The van der Waals surface area contributed by atoms with Crippen molar-refractivity contribution >= 4 is 89.3 Å². The Kier molecular flexibility index (Phi) is 19.8. The molecule has 2 aromatic heterocycles. The summed E-state index contributed by atoms with van der Waals surface area (Å²) in [5.74, 6) is 1.86. The van der Waals surface area contributed by atoms with Gasteiger partial charge in [0.25, 0.3) is 0 Å². The molecule has 2 aliphatic rings. The van der Waals surface area contributed by atoms with E-state index >= 15 is 0 Å². The number of amides is 3. The average molecular weight is 879 g/mol. The Hall–Kier alpha value is -4.04. The van der Waals surface area contributed by atoms with Gasteiger partial charge in [0.1, 0.15) is 36.1 Å². The molecule has 6 rings (SSSR count). The van der Waals surface area contributed by atoms with Gasteiger partial charge in [-0.2, -0.15) is 58.9 Å². The van der Waals surface area contributed by atoms with E-state index in [9.17, 15) is 14.4 Å². The lowest BCUT2D eigenvalue weighted by Crippen LogP contribution is -2.51. The van der Waals surface area contributed by atoms with Gasteiger partial charge in [-0.1, -0.05) is 33.8 Å². The summed E-state index contributed by atoms with van der Waals surface area (Å²) in [7, 11) is 2.68. The highest BCUT2D eigenvalue weighted by molar-refractivity contribution is 7.59. The van der Waals surface area contributed by atoms with Crippen molar-refractivity contribution in [3.63, 3.8) is 0 Å². The number of nitrogens with zero attached hydrogens (tertiary/aromatic N) is 5. The minimum atomic E-state index is -0.689. The molecule has 2 aliphatic heterocycles. The van der Waals surface area contributed by atoms with Crippen molar-refractivity contribution in [2.24, 2.45) is 16.8 Å². The number of alkyl carbamates (subject to hydrolysis) is 1. The molecule has 0 bridgehead atoms. The van der Waals surface area contributed by atoms with Gasteiger partial charge in [-0.3, -0.25) is 9.59 Å². The topological polar surface area (TPSA) is 176 Å². The van der Waals surface area contributed by atoms with E-state index in [4.69, 9.17) is 19.3 Å². The molecule has 19 heteroatoms. The number of likely N-dealkylation sites (tertiary alicyclic amines) is 2. The smallest absolute Gasteiger partial charge is 0.407 e. The molecule has 4 heterocycles. The number of methoxy groups -OCH3 is 1. The van der Waals surface area contributed by atoms with E-state index in [1.165, 1.54) is 20.6 Å². The Bertz CT molecular complexity index is 1960. The Labute approximate surface area is 367 Å². The van der Waals surface area contributed by atoms with Gasteiger partial charge in [0.05, 0.1) is 49.2 Å². The highest BCUT2D eigenvalue weighted by Gasteiger charge is 2.38. The Morgan fingerprint density at radius 2 is 1.53 bits per heavy atom. The number of aromatic nitrogens is 4. The third-order valence-corrected chi connectivity index (χ3v) is 10.1. The third kappa shape index (κ3) is 11.6. The van der Waals surface area contributed by atoms with Crippen LogP contribution in [0.4, 0.5) is 4.79 Å². The fourth-order valence-electron chi connectivity index (χ4n) is 7.21. The van der Waals surface area contributed by atoms with Crippen molar-refractivity contribution in [1.29, 1.82) is 0 Å². The second-order valence-electron chi connectivity index (χ2n) is 14.4. The zero-order valence-corrected chi connectivity index (χ0v) is 37.7. The number of hydrogen-bond donors (Lipinski definition) is 3.